The Kier molecular flexibility index (Phi) is 4.10. The molecule has 0 aliphatic heterocycles. The fraction of sp³-hybridized carbons (Fsp3) is 0.188. The molecule has 0 saturated carbocycles. The molecule has 0 spiro atoms. The molecule has 3 aromatic rings. The third-order valence-electron chi connectivity index (χ3n) is 3.36. The van der Waals surface area contributed by atoms with Gasteiger partial charge in [0.15, 0.2) is 5.78 Å². The van der Waals surface area contributed by atoms with E-state index in [1.807, 2.05) is 53.2 Å². The smallest absolute Gasteiger partial charge is 0.162 e. The van der Waals surface area contributed by atoms with Gasteiger partial charge in [0.05, 0.1) is 5.52 Å². The van der Waals surface area contributed by atoms with E-state index in [2.05, 4.69) is 26.2 Å². The molecule has 2 aromatic carbocycles. The number of fused-ring (bicyclic) bond motifs is 1. The van der Waals surface area contributed by atoms with Crippen molar-refractivity contribution < 1.29 is 4.79 Å². The summed E-state index contributed by atoms with van der Waals surface area (Å²) in [6.45, 7) is 0.697. The molecule has 3 rings (SSSR count). The molecule has 0 aliphatic rings. The summed E-state index contributed by atoms with van der Waals surface area (Å²) in [6.07, 6.45) is 1.26. The van der Waals surface area contributed by atoms with Crippen LogP contribution in [-0.2, 0) is 6.54 Å². The maximum atomic E-state index is 12.1. The van der Waals surface area contributed by atoms with Crippen LogP contribution >= 0.6 is 15.9 Å². The fourth-order valence-electron chi connectivity index (χ4n) is 2.25. The number of carbonyl (C=O) groups is 1. The average Bonchev–Trinajstić information content (AvgIpc) is 2.91. The van der Waals surface area contributed by atoms with Crippen LogP contribution in [0.2, 0.25) is 0 Å². The van der Waals surface area contributed by atoms with Gasteiger partial charge in [-0.1, -0.05) is 45.4 Å². The van der Waals surface area contributed by atoms with Crippen LogP contribution in [0.25, 0.3) is 11.0 Å². The van der Waals surface area contributed by atoms with Gasteiger partial charge in [-0.3, -0.25) is 4.79 Å². The number of rotatable bonds is 5. The van der Waals surface area contributed by atoms with Gasteiger partial charge in [-0.05, 0) is 30.7 Å². The monoisotopic (exact) mass is 343 g/mol. The predicted octanol–water partition coefficient (Wildman–Crippen LogP) is 3.86. The summed E-state index contributed by atoms with van der Waals surface area (Å²) >= 11 is 3.37. The number of aromatic nitrogens is 3. The first-order valence-electron chi connectivity index (χ1n) is 6.81. The number of ketones is 1. The summed E-state index contributed by atoms with van der Waals surface area (Å²) < 4.78 is 2.83. The van der Waals surface area contributed by atoms with E-state index >= 15 is 0 Å². The molecule has 21 heavy (non-hydrogen) atoms. The van der Waals surface area contributed by atoms with Gasteiger partial charge in [-0.25, -0.2) is 4.68 Å². The summed E-state index contributed by atoms with van der Waals surface area (Å²) in [6, 6.07) is 15.3. The number of Topliss-reactive ketones (excluding diaryl/α,β-unsaturated/α-hetero) is 1. The molecular weight excluding hydrogens is 330 g/mol. The Morgan fingerprint density at radius 3 is 2.67 bits per heavy atom. The van der Waals surface area contributed by atoms with Gasteiger partial charge in [-0.15, -0.1) is 5.10 Å². The number of aryl methyl sites for hydroxylation is 1. The zero-order valence-electron chi connectivity index (χ0n) is 11.4. The Balaban J connectivity index is 1.61. The minimum Gasteiger partial charge on any atom is -0.294 e. The molecule has 0 saturated heterocycles. The lowest BCUT2D eigenvalue weighted by Crippen LogP contribution is -2.04. The Morgan fingerprint density at radius 2 is 1.86 bits per heavy atom. The summed E-state index contributed by atoms with van der Waals surface area (Å²) in [7, 11) is 0. The normalized spacial score (nSPS) is 10.9. The first kappa shape index (κ1) is 13.9. The molecule has 106 valence electrons. The highest BCUT2D eigenvalue weighted by molar-refractivity contribution is 9.10. The van der Waals surface area contributed by atoms with E-state index in [0.29, 0.717) is 13.0 Å². The second kappa shape index (κ2) is 6.18. The predicted molar refractivity (Wildman–Crippen MR) is 85.2 cm³/mol. The molecular formula is C16H14BrN3O. The SMILES string of the molecule is O=C(CCCn1nnc2ccccc21)c1ccc(Br)cc1. The molecule has 1 heterocycles. The molecule has 0 N–H and O–H groups in total. The maximum Gasteiger partial charge on any atom is 0.162 e. The fourth-order valence-corrected chi connectivity index (χ4v) is 2.52. The van der Waals surface area contributed by atoms with Crippen molar-refractivity contribution >= 4 is 32.7 Å². The van der Waals surface area contributed by atoms with Crippen molar-refractivity contribution in [1.29, 1.82) is 0 Å². The van der Waals surface area contributed by atoms with E-state index < -0.39 is 0 Å². The first-order valence-corrected chi connectivity index (χ1v) is 7.60. The molecule has 1 aromatic heterocycles. The second-order valence-electron chi connectivity index (χ2n) is 4.83. The number of benzene rings is 2. The van der Waals surface area contributed by atoms with Crippen LogP contribution in [0, 0.1) is 0 Å². The van der Waals surface area contributed by atoms with Crippen LogP contribution in [0.1, 0.15) is 23.2 Å². The van der Waals surface area contributed by atoms with Crippen LogP contribution in [0.3, 0.4) is 0 Å². The lowest BCUT2D eigenvalue weighted by Gasteiger charge is -2.03. The van der Waals surface area contributed by atoms with E-state index in [9.17, 15) is 4.79 Å². The van der Waals surface area contributed by atoms with Gasteiger partial charge in [0, 0.05) is 23.0 Å². The summed E-state index contributed by atoms with van der Waals surface area (Å²) in [5.74, 6) is 0.159. The van der Waals surface area contributed by atoms with Crippen molar-refractivity contribution in [3.63, 3.8) is 0 Å². The number of carbonyl (C=O) groups excluding carboxylic acids is 1. The van der Waals surface area contributed by atoms with E-state index in [-0.39, 0.29) is 5.78 Å². The molecule has 5 heteroatoms. The molecule has 0 amide bonds. The lowest BCUT2D eigenvalue weighted by molar-refractivity contribution is 0.0978. The molecule has 0 fully saturated rings. The highest BCUT2D eigenvalue weighted by Gasteiger charge is 2.07. The Morgan fingerprint density at radius 1 is 1.10 bits per heavy atom. The van der Waals surface area contributed by atoms with Crippen molar-refractivity contribution in [2.75, 3.05) is 0 Å². The van der Waals surface area contributed by atoms with Crippen LogP contribution in [0.5, 0.6) is 0 Å². The van der Waals surface area contributed by atoms with E-state index in [0.717, 1.165) is 27.5 Å². The van der Waals surface area contributed by atoms with Crippen molar-refractivity contribution in [1.82, 2.24) is 15.0 Å². The Labute approximate surface area is 130 Å². The summed E-state index contributed by atoms with van der Waals surface area (Å²) in [5.41, 5.74) is 2.65. The molecule has 0 atom stereocenters. The zero-order valence-corrected chi connectivity index (χ0v) is 13.0. The number of para-hydroxylation sites is 1. The highest BCUT2D eigenvalue weighted by Crippen LogP contribution is 2.14. The third-order valence-corrected chi connectivity index (χ3v) is 3.89. The third kappa shape index (κ3) is 3.19. The second-order valence-corrected chi connectivity index (χ2v) is 5.75. The lowest BCUT2D eigenvalue weighted by atomic mass is 10.1. The van der Waals surface area contributed by atoms with Gasteiger partial charge in [0.25, 0.3) is 0 Å². The van der Waals surface area contributed by atoms with Crippen molar-refractivity contribution in [2.45, 2.75) is 19.4 Å². The van der Waals surface area contributed by atoms with E-state index in [1.54, 1.807) is 0 Å². The van der Waals surface area contributed by atoms with Gasteiger partial charge < -0.3 is 0 Å². The van der Waals surface area contributed by atoms with Crippen LogP contribution in [-0.4, -0.2) is 20.8 Å². The number of halogens is 1. The largest absolute Gasteiger partial charge is 0.294 e. The minimum absolute atomic E-state index is 0.159. The number of hydrogen-bond donors (Lipinski definition) is 0. The van der Waals surface area contributed by atoms with Gasteiger partial charge in [0.1, 0.15) is 5.52 Å². The van der Waals surface area contributed by atoms with E-state index in [1.165, 1.54) is 0 Å². The van der Waals surface area contributed by atoms with Gasteiger partial charge in [-0.2, -0.15) is 0 Å². The standard InChI is InChI=1S/C16H14BrN3O/c17-13-9-7-12(8-10-13)16(21)6-3-11-20-15-5-2-1-4-14(15)18-19-20/h1-2,4-5,7-10H,3,6,11H2. The van der Waals surface area contributed by atoms with Crippen LogP contribution < -0.4 is 0 Å². The maximum absolute atomic E-state index is 12.1. The molecule has 0 radical (unpaired) electrons. The molecule has 0 bridgehead atoms. The quantitative estimate of drug-likeness (QED) is 0.661. The summed E-state index contributed by atoms with van der Waals surface area (Å²) in [4.78, 5) is 12.1. The number of hydrogen-bond acceptors (Lipinski definition) is 3. The van der Waals surface area contributed by atoms with Crippen molar-refractivity contribution in [3.05, 3.63) is 58.6 Å². The zero-order chi connectivity index (χ0) is 14.7. The minimum atomic E-state index is 0.159. The van der Waals surface area contributed by atoms with Crippen molar-refractivity contribution in [2.24, 2.45) is 0 Å². The molecule has 4 nitrogen and oxygen atoms in total. The summed E-state index contributed by atoms with van der Waals surface area (Å²) in [5, 5.41) is 8.23. The molecule has 0 unspecified atom stereocenters. The van der Waals surface area contributed by atoms with Gasteiger partial charge in [0.2, 0.25) is 0 Å². The van der Waals surface area contributed by atoms with Crippen LogP contribution in [0.15, 0.2) is 53.0 Å². The average molecular weight is 344 g/mol. The Hall–Kier alpha value is -2.01. The van der Waals surface area contributed by atoms with Gasteiger partial charge >= 0.3 is 0 Å². The van der Waals surface area contributed by atoms with Crippen molar-refractivity contribution in [3.8, 4) is 0 Å². The topological polar surface area (TPSA) is 47.8 Å². The van der Waals surface area contributed by atoms with Crippen LogP contribution in [0.4, 0.5) is 0 Å². The first-order chi connectivity index (χ1) is 10.2. The molecule has 0 aliphatic carbocycles. The number of nitrogens with zero attached hydrogens (tertiary/aromatic N) is 3. The highest BCUT2D eigenvalue weighted by atomic mass is 79.9. The van der Waals surface area contributed by atoms with E-state index in [4.69, 9.17) is 0 Å². The Bertz CT molecular complexity index is 765.